The lowest BCUT2D eigenvalue weighted by Gasteiger charge is -2.09. The molecule has 0 bridgehead atoms. The Morgan fingerprint density at radius 3 is 3.25 bits per heavy atom. The third kappa shape index (κ3) is 1.25. The first kappa shape index (κ1) is 7.49. The Bertz CT molecular complexity index is 271. The van der Waals surface area contributed by atoms with Crippen molar-refractivity contribution in [3.8, 4) is 0 Å². The van der Waals surface area contributed by atoms with E-state index in [-0.39, 0.29) is 6.04 Å². The van der Waals surface area contributed by atoms with Gasteiger partial charge in [0.2, 0.25) is 0 Å². The molecule has 12 heavy (non-hydrogen) atoms. The predicted molar refractivity (Wildman–Crippen MR) is 43.2 cm³/mol. The number of hydrogen-bond acceptors (Lipinski definition) is 3. The van der Waals surface area contributed by atoms with E-state index < -0.39 is 0 Å². The van der Waals surface area contributed by atoms with Crippen molar-refractivity contribution in [2.75, 3.05) is 6.54 Å². The zero-order chi connectivity index (χ0) is 8.39. The largest absolute Gasteiger partial charge is 0.711 e. The van der Waals surface area contributed by atoms with Crippen LogP contribution in [0, 0.1) is 5.21 Å². The van der Waals surface area contributed by atoms with Gasteiger partial charge in [0.05, 0.1) is 6.20 Å². The number of nitrogens with zero attached hydrogens (tertiary/aromatic N) is 2. The van der Waals surface area contributed by atoms with Crippen molar-refractivity contribution in [2.45, 2.75) is 18.9 Å². The Labute approximate surface area is 70.8 Å². The Morgan fingerprint density at radius 1 is 1.67 bits per heavy atom. The van der Waals surface area contributed by atoms with E-state index in [1.54, 1.807) is 12.3 Å². The van der Waals surface area contributed by atoms with Gasteiger partial charge in [-0.15, -0.1) is 0 Å². The normalized spacial score (nSPS) is 22.8. The van der Waals surface area contributed by atoms with Gasteiger partial charge in [-0.3, -0.25) is 0 Å². The second-order valence-corrected chi connectivity index (χ2v) is 2.95. The van der Waals surface area contributed by atoms with Crippen LogP contribution in [0.5, 0.6) is 0 Å². The molecule has 4 heteroatoms. The summed E-state index contributed by atoms with van der Waals surface area (Å²) in [6, 6.07) is 1.80. The number of aromatic nitrogens is 2. The van der Waals surface area contributed by atoms with Gasteiger partial charge >= 0.3 is 5.82 Å². The van der Waals surface area contributed by atoms with Crippen LogP contribution in [0.15, 0.2) is 18.5 Å². The molecule has 1 N–H and O–H groups in total. The second kappa shape index (κ2) is 3.06. The Kier molecular flexibility index (Phi) is 1.91. The molecule has 0 spiro atoms. The molecule has 2 heterocycles. The summed E-state index contributed by atoms with van der Waals surface area (Å²) in [7, 11) is 0. The second-order valence-electron chi connectivity index (χ2n) is 2.95. The van der Waals surface area contributed by atoms with Crippen LogP contribution in [-0.4, -0.2) is 11.5 Å². The zero-order valence-corrected chi connectivity index (χ0v) is 6.73. The molecule has 4 nitrogen and oxygen atoms in total. The van der Waals surface area contributed by atoms with Crippen LogP contribution >= 0.6 is 0 Å². The molecule has 1 atom stereocenters. The van der Waals surface area contributed by atoms with Crippen molar-refractivity contribution < 1.29 is 4.73 Å². The molecule has 0 amide bonds. The fourth-order valence-electron chi connectivity index (χ4n) is 1.52. The molecule has 1 aromatic rings. The maximum atomic E-state index is 11.2. The van der Waals surface area contributed by atoms with Gasteiger partial charge in [0, 0.05) is 6.07 Å². The van der Waals surface area contributed by atoms with Gasteiger partial charge in [-0.05, 0) is 19.4 Å². The molecule has 0 aliphatic carbocycles. The highest BCUT2D eigenvalue weighted by Crippen LogP contribution is 2.17. The van der Waals surface area contributed by atoms with Crippen molar-refractivity contribution in [3.05, 3.63) is 29.5 Å². The van der Waals surface area contributed by atoms with E-state index in [9.17, 15) is 5.21 Å². The first-order valence-electron chi connectivity index (χ1n) is 4.15. The van der Waals surface area contributed by atoms with E-state index >= 15 is 0 Å². The summed E-state index contributed by atoms with van der Waals surface area (Å²) in [5.41, 5.74) is 0. The van der Waals surface area contributed by atoms with Crippen molar-refractivity contribution in [1.29, 1.82) is 0 Å². The molecule has 0 saturated carbocycles. The van der Waals surface area contributed by atoms with Crippen LogP contribution in [0.4, 0.5) is 0 Å². The molecule has 1 aliphatic rings. The quantitative estimate of drug-likeness (QED) is 0.475. The Hall–Kier alpha value is -1.16. The summed E-state index contributed by atoms with van der Waals surface area (Å²) in [6.45, 7) is 0.987. The maximum absolute atomic E-state index is 11.2. The van der Waals surface area contributed by atoms with Crippen LogP contribution in [0.1, 0.15) is 24.7 Å². The summed E-state index contributed by atoms with van der Waals surface area (Å²) in [5, 5.41) is 14.5. The molecule has 2 rings (SSSR count). The molecule has 1 aliphatic heterocycles. The summed E-state index contributed by atoms with van der Waals surface area (Å²) < 4.78 is 0.836. The highest BCUT2D eigenvalue weighted by atomic mass is 16.5. The van der Waals surface area contributed by atoms with Gasteiger partial charge in [-0.1, -0.05) is 4.98 Å². The van der Waals surface area contributed by atoms with Gasteiger partial charge in [0.15, 0.2) is 0 Å². The minimum Gasteiger partial charge on any atom is -0.711 e. The number of hydrogen-bond donors (Lipinski definition) is 1. The van der Waals surface area contributed by atoms with Crippen LogP contribution in [0.2, 0.25) is 0 Å². The smallest absolute Gasteiger partial charge is 0.318 e. The molecular formula is C8H11N3O. The third-order valence-electron chi connectivity index (χ3n) is 2.11. The molecule has 1 saturated heterocycles. The standard InChI is InChI=1S/C8H11N3O/c12-11-6-2-5-10-8(11)7-3-1-4-9-7/h2,5-7,9H,1,3-4H2/t7-/m0/s1. The monoisotopic (exact) mass is 165 g/mol. The van der Waals surface area contributed by atoms with Gasteiger partial charge in [0.1, 0.15) is 12.2 Å². The minimum atomic E-state index is 0.156. The molecule has 0 unspecified atom stereocenters. The van der Waals surface area contributed by atoms with E-state index in [1.165, 1.54) is 6.20 Å². The predicted octanol–water partition coefficient (Wildman–Crippen LogP) is 0.140. The highest BCUT2D eigenvalue weighted by Gasteiger charge is 2.24. The Balaban J connectivity index is 2.26. The van der Waals surface area contributed by atoms with Crippen LogP contribution < -0.4 is 10.0 Å². The minimum absolute atomic E-state index is 0.156. The van der Waals surface area contributed by atoms with E-state index in [2.05, 4.69) is 10.3 Å². The summed E-state index contributed by atoms with van der Waals surface area (Å²) in [6.07, 6.45) is 5.28. The SMILES string of the molecule is [O-][n+]1cccnc1[C@@H]1CCCN1. The lowest BCUT2D eigenvalue weighted by atomic mass is 10.2. The first-order valence-corrected chi connectivity index (χ1v) is 4.15. The number of rotatable bonds is 1. The fourth-order valence-corrected chi connectivity index (χ4v) is 1.52. The van der Waals surface area contributed by atoms with E-state index in [0.29, 0.717) is 5.82 Å². The van der Waals surface area contributed by atoms with Gasteiger partial charge in [-0.25, -0.2) is 4.73 Å². The van der Waals surface area contributed by atoms with E-state index in [0.717, 1.165) is 24.1 Å². The lowest BCUT2D eigenvalue weighted by molar-refractivity contribution is -0.619. The summed E-state index contributed by atoms with van der Waals surface area (Å²) >= 11 is 0. The van der Waals surface area contributed by atoms with E-state index in [4.69, 9.17) is 0 Å². The molecule has 1 aromatic heterocycles. The Morgan fingerprint density at radius 2 is 2.58 bits per heavy atom. The van der Waals surface area contributed by atoms with Crippen molar-refractivity contribution in [3.63, 3.8) is 0 Å². The lowest BCUT2D eigenvalue weighted by Crippen LogP contribution is -2.36. The number of nitrogens with one attached hydrogen (secondary N) is 1. The van der Waals surface area contributed by atoms with Gasteiger partial charge < -0.3 is 10.5 Å². The molecular weight excluding hydrogens is 154 g/mol. The molecule has 0 radical (unpaired) electrons. The average molecular weight is 165 g/mol. The average Bonchev–Trinajstić information content (AvgIpc) is 2.57. The van der Waals surface area contributed by atoms with Crippen molar-refractivity contribution in [2.24, 2.45) is 0 Å². The highest BCUT2D eigenvalue weighted by molar-refractivity contribution is 4.92. The molecule has 1 fully saturated rings. The van der Waals surface area contributed by atoms with Crippen LogP contribution in [0.3, 0.4) is 0 Å². The van der Waals surface area contributed by atoms with Crippen LogP contribution in [0.25, 0.3) is 0 Å². The van der Waals surface area contributed by atoms with Crippen LogP contribution in [-0.2, 0) is 0 Å². The summed E-state index contributed by atoms with van der Waals surface area (Å²) in [5.74, 6) is 0.593. The summed E-state index contributed by atoms with van der Waals surface area (Å²) in [4.78, 5) is 4.05. The first-order chi connectivity index (χ1) is 5.88. The fraction of sp³-hybridized carbons (Fsp3) is 0.500. The van der Waals surface area contributed by atoms with Crippen molar-refractivity contribution in [1.82, 2.24) is 10.3 Å². The van der Waals surface area contributed by atoms with Gasteiger partial charge in [-0.2, -0.15) is 0 Å². The topological polar surface area (TPSA) is 51.9 Å². The molecule has 0 aromatic carbocycles. The van der Waals surface area contributed by atoms with Crippen molar-refractivity contribution >= 4 is 0 Å². The van der Waals surface area contributed by atoms with Gasteiger partial charge in [0.25, 0.3) is 0 Å². The molecule has 64 valence electrons. The zero-order valence-electron chi connectivity index (χ0n) is 6.73. The van der Waals surface area contributed by atoms with E-state index in [1.807, 2.05) is 0 Å². The maximum Gasteiger partial charge on any atom is 0.318 e. The third-order valence-corrected chi connectivity index (χ3v) is 2.11.